The third-order valence-electron chi connectivity index (χ3n) is 4.17. The van der Waals surface area contributed by atoms with E-state index in [1.807, 2.05) is 6.07 Å². The molecule has 3 rings (SSSR count). The fraction of sp³-hybridized carbons (Fsp3) is 0.571. The van der Waals surface area contributed by atoms with Crippen LogP contribution in [0.4, 0.5) is 4.39 Å². The van der Waals surface area contributed by atoms with Gasteiger partial charge in [0.15, 0.2) is 0 Å². The van der Waals surface area contributed by atoms with Crippen LogP contribution in [0.3, 0.4) is 0 Å². The molecule has 0 bridgehead atoms. The predicted molar refractivity (Wildman–Crippen MR) is 66.2 cm³/mol. The van der Waals surface area contributed by atoms with Crippen LogP contribution in [0.2, 0.25) is 0 Å². The molecule has 1 saturated heterocycles. The topological polar surface area (TPSA) is 29.3 Å². The van der Waals surface area contributed by atoms with Gasteiger partial charge in [-0.2, -0.15) is 0 Å². The summed E-state index contributed by atoms with van der Waals surface area (Å²) in [5, 5.41) is 0. The number of fused-ring (bicyclic) bond motifs is 1. The molecule has 92 valence electrons. The van der Waals surface area contributed by atoms with Crippen molar-refractivity contribution in [2.24, 2.45) is 5.73 Å². The Morgan fingerprint density at radius 2 is 1.94 bits per heavy atom. The van der Waals surface area contributed by atoms with E-state index in [9.17, 15) is 4.39 Å². The third kappa shape index (κ3) is 2.09. The number of hydrogen-bond acceptors (Lipinski definition) is 2. The summed E-state index contributed by atoms with van der Waals surface area (Å²) in [5.74, 6) is -0.107. The number of aryl methyl sites for hydroxylation is 1. The molecule has 1 aliphatic heterocycles. The molecule has 17 heavy (non-hydrogen) atoms. The maximum absolute atomic E-state index is 13.3. The predicted octanol–water partition coefficient (Wildman–Crippen LogP) is 2.24. The Kier molecular flexibility index (Phi) is 2.89. The minimum Gasteiger partial charge on any atom is -0.328 e. The normalized spacial score (nSPS) is 26.1. The van der Waals surface area contributed by atoms with Gasteiger partial charge in [0.25, 0.3) is 0 Å². The van der Waals surface area contributed by atoms with E-state index >= 15 is 0 Å². The SMILES string of the molecule is NC1CCN([C@H]2CCc3ccc(F)cc32)CC1. The van der Waals surface area contributed by atoms with Crippen molar-refractivity contribution in [1.82, 2.24) is 4.90 Å². The van der Waals surface area contributed by atoms with Crippen molar-refractivity contribution in [3.63, 3.8) is 0 Å². The van der Waals surface area contributed by atoms with E-state index in [1.165, 1.54) is 11.1 Å². The van der Waals surface area contributed by atoms with Crippen molar-refractivity contribution in [3.05, 3.63) is 35.1 Å². The first kappa shape index (κ1) is 11.2. The number of benzene rings is 1. The fourth-order valence-corrected chi connectivity index (χ4v) is 3.16. The maximum atomic E-state index is 13.3. The van der Waals surface area contributed by atoms with Gasteiger partial charge in [0, 0.05) is 25.2 Å². The first-order valence-corrected chi connectivity index (χ1v) is 6.52. The van der Waals surface area contributed by atoms with Crippen molar-refractivity contribution >= 4 is 0 Å². The van der Waals surface area contributed by atoms with Crippen LogP contribution in [0, 0.1) is 5.82 Å². The van der Waals surface area contributed by atoms with Gasteiger partial charge in [-0.3, -0.25) is 4.90 Å². The van der Waals surface area contributed by atoms with Gasteiger partial charge in [-0.15, -0.1) is 0 Å². The molecule has 0 radical (unpaired) electrons. The molecule has 0 spiro atoms. The highest BCUT2D eigenvalue weighted by atomic mass is 19.1. The Morgan fingerprint density at radius 3 is 2.71 bits per heavy atom. The second kappa shape index (κ2) is 4.39. The van der Waals surface area contributed by atoms with Crippen LogP contribution >= 0.6 is 0 Å². The van der Waals surface area contributed by atoms with Crippen LogP contribution in [0.15, 0.2) is 18.2 Å². The van der Waals surface area contributed by atoms with E-state index < -0.39 is 0 Å². The highest BCUT2D eigenvalue weighted by Crippen LogP contribution is 2.37. The molecule has 3 heteroatoms. The monoisotopic (exact) mass is 234 g/mol. The summed E-state index contributed by atoms with van der Waals surface area (Å²) >= 11 is 0. The lowest BCUT2D eigenvalue weighted by molar-refractivity contribution is 0.152. The molecule has 1 aromatic carbocycles. The second-order valence-corrected chi connectivity index (χ2v) is 5.27. The summed E-state index contributed by atoms with van der Waals surface area (Å²) < 4.78 is 13.3. The van der Waals surface area contributed by atoms with E-state index in [4.69, 9.17) is 5.73 Å². The first-order valence-electron chi connectivity index (χ1n) is 6.52. The van der Waals surface area contributed by atoms with Gasteiger partial charge >= 0.3 is 0 Å². The minimum atomic E-state index is -0.107. The first-order chi connectivity index (χ1) is 8.24. The molecule has 0 saturated carbocycles. The van der Waals surface area contributed by atoms with Crippen molar-refractivity contribution in [3.8, 4) is 0 Å². The van der Waals surface area contributed by atoms with Crippen LogP contribution < -0.4 is 5.73 Å². The molecule has 1 heterocycles. The molecule has 1 aliphatic carbocycles. The van der Waals surface area contributed by atoms with Gasteiger partial charge in [0.2, 0.25) is 0 Å². The molecular formula is C14H19FN2. The number of likely N-dealkylation sites (tertiary alicyclic amines) is 1. The highest BCUT2D eigenvalue weighted by Gasteiger charge is 2.30. The van der Waals surface area contributed by atoms with E-state index in [2.05, 4.69) is 4.90 Å². The summed E-state index contributed by atoms with van der Waals surface area (Å²) in [4.78, 5) is 2.48. The largest absolute Gasteiger partial charge is 0.328 e. The molecule has 0 unspecified atom stereocenters. The summed E-state index contributed by atoms with van der Waals surface area (Å²) in [6, 6.07) is 6.03. The highest BCUT2D eigenvalue weighted by molar-refractivity contribution is 5.35. The summed E-state index contributed by atoms with van der Waals surface area (Å²) in [7, 11) is 0. The average molecular weight is 234 g/mol. The van der Waals surface area contributed by atoms with Gasteiger partial charge in [-0.05, 0) is 48.9 Å². The van der Waals surface area contributed by atoms with Gasteiger partial charge in [-0.1, -0.05) is 6.07 Å². The zero-order chi connectivity index (χ0) is 11.8. The number of halogens is 1. The van der Waals surface area contributed by atoms with Crippen molar-refractivity contribution in [1.29, 1.82) is 0 Å². The lowest BCUT2D eigenvalue weighted by Crippen LogP contribution is -2.41. The summed E-state index contributed by atoms with van der Waals surface area (Å²) in [6.45, 7) is 2.11. The second-order valence-electron chi connectivity index (χ2n) is 5.27. The van der Waals surface area contributed by atoms with Crippen LogP contribution in [-0.2, 0) is 6.42 Å². The molecule has 0 aromatic heterocycles. The van der Waals surface area contributed by atoms with E-state index in [-0.39, 0.29) is 5.82 Å². The number of rotatable bonds is 1. The Morgan fingerprint density at radius 1 is 1.18 bits per heavy atom. The van der Waals surface area contributed by atoms with Crippen LogP contribution in [0.25, 0.3) is 0 Å². The lowest BCUT2D eigenvalue weighted by Gasteiger charge is -2.35. The zero-order valence-electron chi connectivity index (χ0n) is 10.0. The van der Waals surface area contributed by atoms with Crippen LogP contribution in [-0.4, -0.2) is 24.0 Å². The molecule has 1 aromatic rings. The van der Waals surface area contributed by atoms with Crippen molar-refractivity contribution < 1.29 is 4.39 Å². The number of nitrogens with two attached hydrogens (primary N) is 1. The fourth-order valence-electron chi connectivity index (χ4n) is 3.16. The number of hydrogen-bond donors (Lipinski definition) is 1. The van der Waals surface area contributed by atoms with Gasteiger partial charge in [-0.25, -0.2) is 4.39 Å². The molecule has 2 aliphatic rings. The quantitative estimate of drug-likeness (QED) is 0.807. The summed E-state index contributed by atoms with van der Waals surface area (Å²) in [5.41, 5.74) is 8.46. The van der Waals surface area contributed by atoms with Crippen LogP contribution in [0.1, 0.15) is 36.4 Å². The molecule has 1 fully saturated rings. The minimum absolute atomic E-state index is 0.107. The van der Waals surface area contributed by atoms with Crippen molar-refractivity contribution in [2.75, 3.05) is 13.1 Å². The Bertz CT molecular complexity index is 411. The van der Waals surface area contributed by atoms with Crippen LogP contribution in [0.5, 0.6) is 0 Å². The molecule has 2 N–H and O–H groups in total. The Hall–Kier alpha value is -0.930. The molecule has 2 nitrogen and oxygen atoms in total. The van der Waals surface area contributed by atoms with Gasteiger partial charge in [0.1, 0.15) is 5.82 Å². The van der Waals surface area contributed by atoms with E-state index in [1.54, 1.807) is 12.1 Å². The number of piperidine rings is 1. The third-order valence-corrected chi connectivity index (χ3v) is 4.17. The van der Waals surface area contributed by atoms with E-state index in [0.29, 0.717) is 12.1 Å². The standard InChI is InChI=1S/C14H19FN2/c15-11-3-1-10-2-4-14(13(10)9-11)17-7-5-12(16)6-8-17/h1,3,9,12,14H,2,4-8,16H2/t14-/m0/s1. The Labute approximate surface area is 102 Å². The lowest BCUT2D eigenvalue weighted by atomic mass is 10.0. The summed E-state index contributed by atoms with van der Waals surface area (Å²) in [6.07, 6.45) is 4.36. The molecule has 0 amide bonds. The maximum Gasteiger partial charge on any atom is 0.123 e. The Balaban J connectivity index is 1.81. The smallest absolute Gasteiger partial charge is 0.123 e. The van der Waals surface area contributed by atoms with Gasteiger partial charge < -0.3 is 5.73 Å². The van der Waals surface area contributed by atoms with Gasteiger partial charge in [0.05, 0.1) is 0 Å². The molecule has 1 atom stereocenters. The van der Waals surface area contributed by atoms with E-state index in [0.717, 1.165) is 38.8 Å². The number of nitrogens with zero attached hydrogens (tertiary/aromatic N) is 1. The zero-order valence-corrected chi connectivity index (χ0v) is 10.0. The molecular weight excluding hydrogens is 215 g/mol. The average Bonchev–Trinajstić information content (AvgIpc) is 2.73. The van der Waals surface area contributed by atoms with Crippen molar-refractivity contribution in [2.45, 2.75) is 37.8 Å².